The van der Waals surface area contributed by atoms with Crippen LogP contribution in [0, 0.1) is 0 Å². The van der Waals surface area contributed by atoms with E-state index in [-0.39, 0.29) is 0 Å². The van der Waals surface area contributed by atoms with E-state index in [0.29, 0.717) is 6.04 Å². The van der Waals surface area contributed by atoms with Crippen LogP contribution in [0.4, 0.5) is 5.69 Å². The zero-order valence-corrected chi connectivity index (χ0v) is 11.8. The SMILES string of the molecule is c1cc(NC2CCN3CCCCC23)c2cnccc2c1. The summed E-state index contributed by atoms with van der Waals surface area (Å²) >= 11 is 0. The van der Waals surface area contributed by atoms with Gasteiger partial charge in [-0.05, 0) is 43.3 Å². The quantitative estimate of drug-likeness (QED) is 0.905. The number of anilines is 1. The van der Waals surface area contributed by atoms with Crippen molar-refractivity contribution in [1.29, 1.82) is 0 Å². The molecule has 2 fully saturated rings. The zero-order chi connectivity index (χ0) is 13.4. The minimum atomic E-state index is 0.598. The van der Waals surface area contributed by atoms with Crippen LogP contribution in [-0.2, 0) is 0 Å². The lowest BCUT2D eigenvalue weighted by molar-refractivity contribution is 0.193. The van der Waals surface area contributed by atoms with Gasteiger partial charge in [-0.15, -0.1) is 0 Å². The van der Waals surface area contributed by atoms with Gasteiger partial charge >= 0.3 is 0 Å². The lowest BCUT2D eigenvalue weighted by Crippen LogP contribution is -2.41. The van der Waals surface area contributed by atoms with Gasteiger partial charge in [0, 0.05) is 42.1 Å². The van der Waals surface area contributed by atoms with E-state index in [2.05, 4.69) is 39.5 Å². The van der Waals surface area contributed by atoms with Gasteiger partial charge in [0.05, 0.1) is 0 Å². The minimum Gasteiger partial charge on any atom is -0.380 e. The molecular weight excluding hydrogens is 246 g/mol. The topological polar surface area (TPSA) is 28.2 Å². The molecule has 0 bridgehead atoms. The van der Waals surface area contributed by atoms with E-state index < -0.39 is 0 Å². The monoisotopic (exact) mass is 267 g/mol. The molecule has 0 radical (unpaired) electrons. The average molecular weight is 267 g/mol. The fourth-order valence-corrected chi connectivity index (χ4v) is 3.85. The van der Waals surface area contributed by atoms with E-state index in [1.165, 1.54) is 55.2 Å². The molecule has 2 aliphatic rings. The number of piperidine rings is 1. The Labute approximate surface area is 120 Å². The summed E-state index contributed by atoms with van der Waals surface area (Å²) in [4.78, 5) is 6.95. The van der Waals surface area contributed by atoms with Gasteiger partial charge in [-0.3, -0.25) is 9.88 Å². The van der Waals surface area contributed by atoms with E-state index in [9.17, 15) is 0 Å². The Morgan fingerprint density at radius 2 is 2.10 bits per heavy atom. The van der Waals surface area contributed by atoms with Gasteiger partial charge in [0.2, 0.25) is 0 Å². The first-order valence-electron chi connectivity index (χ1n) is 7.75. The summed E-state index contributed by atoms with van der Waals surface area (Å²) in [6.45, 7) is 2.55. The third-order valence-corrected chi connectivity index (χ3v) is 4.88. The molecular formula is C17H21N3. The molecule has 1 N–H and O–H groups in total. The third-order valence-electron chi connectivity index (χ3n) is 4.88. The first-order valence-corrected chi connectivity index (χ1v) is 7.75. The number of benzene rings is 1. The number of hydrogen-bond acceptors (Lipinski definition) is 3. The van der Waals surface area contributed by atoms with Crippen molar-refractivity contribution in [2.24, 2.45) is 0 Å². The van der Waals surface area contributed by atoms with Gasteiger partial charge < -0.3 is 5.32 Å². The van der Waals surface area contributed by atoms with Crippen molar-refractivity contribution in [2.45, 2.75) is 37.8 Å². The number of rotatable bonds is 2. The maximum atomic E-state index is 4.28. The molecule has 1 aromatic carbocycles. The number of hydrogen-bond donors (Lipinski definition) is 1. The summed E-state index contributed by atoms with van der Waals surface area (Å²) in [6.07, 6.45) is 9.22. The molecule has 104 valence electrons. The van der Waals surface area contributed by atoms with Crippen LogP contribution >= 0.6 is 0 Å². The largest absolute Gasteiger partial charge is 0.380 e. The van der Waals surface area contributed by atoms with E-state index in [1.807, 2.05) is 12.4 Å². The minimum absolute atomic E-state index is 0.598. The highest BCUT2D eigenvalue weighted by atomic mass is 15.2. The second-order valence-electron chi connectivity index (χ2n) is 6.04. The maximum Gasteiger partial charge on any atom is 0.0438 e. The third kappa shape index (κ3) is 2.06. The molecule has 0 saturated carbocycles. The van der Waals surface area contributed by atoms with E-state index in [4.69, 9.17) is 0 Å². The van der Waals surface area contributed by atoms with Crippen molar-refractivity contribution in [3.8, 4) is 0 Å². The molecule has 2 aliphatic heterocycles. The van der Waals surface area contributed by atoms with Crippen LogP contribution in [0.3, 0.4) is 0 Å². The summed E-state index contributed by atoms with van der Waals surface area (Å²) in [6, 6.07) is 9.90. The van der Waals surface area contributed by atoms with Crippen molar-refractivity contribution in [1.82, 2.24) is 9.88 Å². The highest BCUT2D eigenvalue weighted by Crippen LogP contribution is 2.31. The highest BCUT2D eigenvalue weighted by molar-refractivity contribution is 5.93. The lowest BCUT2D eigenvalue weighted by Gasteiger charge is -2.33. The number of pyridine rings is 1. The van der Waals surface area contributed by atoms with Gasteiger partial charge in [-0.2, -0.15) is 0 Å². The normalized spacial score (nSPS) is 26.6. The predicted octanol–water partition coefficient (Wildman–Crippen LogP) is 3.27. The van der Waals surface area contributed by atoms with Gasteiger partial charge in [-0.1, -0.05) is 18.6 Å². The van der Waals surface area contributed by atoms with Gasteiger partial charge in [0.15, 0.2) is 0 Å². The average Bonchev–Trinajstić information content (AvgIpc) is 2.91. The van der Waals surface area contributed by atoms with Crippen molar-refractivity contribution in [3.05, 3.63) is 36.7 Å². The van der Waals surface area contributed by atoms with Gasteiger partial charge in [0.25, 0.3) is 0 Å². The van der Waals surface area contributed by atoms with Crippen LogP contribution in [0.5, 0.6) is 0 Å². The molecule has 0 aliphatic carbocycles. The Morgan fingerprint density at radius 1 is 1.10 bits per heavy atom. The summed E-state index contributed by atoms with van der Waals surface area (Å²) in [5.74, 6) is 0. The lowest BCUT2D eigenvalue weighted by atomic mass is 9.98. The molecule has 1 aromatic heterocycles. The molecule has 0 spiro atoms. The molecule has 20 heavy (non-hydrogen) atoms. The fourth-order valence-electron chi connectivity index (χ4n) is 3.85. The second kappa shape index (κ2) is 5.06. The molecule has 2 aromatic rings. The van der Waals surface area contributed by atoms with E-state index >= 15 is 0 Å². The first-order chi connectivity index (χ1) is 9.92. The van der Waals surface area contributed by atoms with E-state index in [1.54, 1.807) is 0 Å². The number of nitrogens with one attached hydrogen (secondary N) is 1. The van der Waals surface area contributed by atoms with Crippen molar-refractivity contribution in [2.75, 3.05) is 18.4 Å². The van der Waals surface area contributed by atoms with Crippen LogP contribution in [0.15, 0.2) is 36.7 Å². The standard InChI is InChI=1S/C17H21N3/c1-2-10-20-11-8-16(17(20)6-1)19-15-5-3-4-13-7-9-18-12-14(13)15/h3-5,7,9,12,16-17,19H,1-2,6,8,10-11H2. The number of aromatic nitrogens is 1. The van der Waals surface area contributed by atoms with Gasteiger partial charge in [-0.25, -0.2) is 0 Å². The number of nitrogens with zero attached hydrogens (tertiary/aromatic N) is 2. The summed E-state index contributed by atoms with van der Waals surface area (Å²) in [5.41, 5.74) is 1.24. The van der Waals surface area contributed by atoms with Crippen LogP contribution in [0.2, 0.25) is 0 Å². The van der Waals surface area contributed by atoms with Crippen LogP contribution in [-0.4, -0.2) is 35.1 Å². The summed E-state index contributed by atoms with van der Waals surface area (Å²) in [5, 5.41) is 6.31. The Kier molecular flexibility index (Phi) is 3.07. The first kappa shape index (κ1) is 12.2. The van der Waals surface area contributed by atoms with E-state index in [0.717, 1.165) is 6.04 Å². The Hall–Kier alpha value is -1.61. The summed E-state index contributed by atoms with van der Waals surface area (Å²) < 4.78 is 0. The molecule has 4 rings (SSSR count). The van der Waals surface area contributed by atoms with Crippen molar-refractivity contribution >= 4 is 16.5 Å². The van der Waals surface area contributed by atoms with Crippen molar-refractivity contribution < 1.29 is 0 Å². The highest BCUT2D eigenvalue weighted by Gasteiger charge is 2.35. The molecule has 3 nitrogen and oxygen atoms in total. The summed E-state index contributed by atoms with van der Waals surface area (Å²) in [7, 11) is 0. The Morgan fingerprint density at radius 3 is 3.10 bits per heavy atom. The smallest absolute Gasteiger partial charge is 0.0438 e. The van der Waals surface area contributed by atoms with Crippen molar-refractivity contribution in [3.63, 3.8) is 0 Å². The predicted molar refractivity (Wildman–Crippen MR) is 83.0 cm³/mol. The molecule has 3 heterocycles. The maximum absolute atomic E-state index is 4.28. The molecule has 3 heteroatoms. The fraction of sp³-hybridized carbons (Fsp3) is 0.471. The number of fused-ring (bicyclic) bond motifs is 2. The van der Waals surface area contributed by atoms with Crippen LogP contribution in [0.25, 0.3) is 10.8 Å². The Bertz CT molecular complexity index is 605. The molecule has 2 atom stereocenters. The molecule has 2 unspecified atom stereocenters. The Balaban J connectivity index is 1.61. The second-order valence-corrected chi connectivity index (χ2v) is 6.04. The molecule has 2 saturated heterocycles. The van der Waals surface area contributed by atoms with Crippen LogP contribution in [0.1, 0.15) is 25.7 Å². The zero-order valence-electron chi connectivity index (χ0n) is 11.8. The van der Waals surface area contributed by atoms with Crippen LogP contribution < -0.4 is 5.32 Å². The van der Waals surface area contributed by atoms with Gasteiger partial charge in [0.1, 0.15) is 0 Å². The molecule has 0 amide bonds.